The van der Waals surface area contributed by atoms with E-state index in [0.717, 1.165) is 74.6 Å². The van der Waals surface area contributed by atoms with E-state index in [1.54, 1.807) is 12.1 Å². The van der Waals surface area contributed by atoms with Gasteiger partial charge in [0.05, 0.1) is 18.3 Å². The summed E-state index contributed by atoms with van der Waals surface area (Å²) in [5.74, 6) is 2.53. The summed E-state index contributed by atoms with van der Waals surface area (Å²) in [6.45, 7) is 14.8. The summed E-state index contributed by atoms with van der Waals surface area (Å²) in [6.07, 6.45) is 20.4. The van der Waals surface area contributed by atoms with Gasteiger partial charge in [0.15, 0.2) is 0 Å². The molecular formula is C47H61N7O5. The summed E-state index contributed by atoms with van der Waals surface area (Å²) in [5.41, 5.74) is 5.97. The van der Waals surface area contributed by atoms with Crippen LogP contribution in [0.25, 0.3) is 0 Å². The lowest BCUT2D eigenvalue weighted by molar-refractivity contribution is -0.125. The van der Waals surface area contributed by atoms with Gasteiger partial charge in [-0.05, 0) is 119 Å². The molecule has 1 spiro atoms. The van der Waals surface area contributed by atoms with Gasteiger partial charge in [-0.1, -0.05) is 30.9 Å². The Morgan fingerprint density at radius 3 is 2.56 bits per heavy atom. The Bertz CT molecular complexity index is 1970. The van der Waals surface area contributed by atoms with Crippen molar-refractivity contribution in [3.63, 3.8) is 0 Å². The molecular weight excluding hydrogens is 743 g/mol. The van der Waals surface area contributed by atoms with Crippen molar-refractivity contribution in [2.45, 2.75) is 96.7 Å². The van der Waals surface area contributed by atoms with Gasteiger partial charge < -0.3 is 24.5 Å². The molecule has 2 N–H and O–H groups in total. The van der Waals surface area contributed by atoms with E-state index >= 15 is 0 Å². The van der Waals surface area contributed by atoms with Gasteiger partial charge in [-0.25, -0.2) is 9.97 Å². The summed E-state index contributed by atoms with van der Waals surface area (Å²) in [4.78, 5) is 53.6. The van der Waals surface area contributed by atoms with Crippen LogP contribution in [0.3, 0.4) is 0 Å². The summed E-state index contributed by atoms with van der Waals surface area (Å²) in [5, 5.41) is 11.4. The second kappa shape index (κ2) is 19.2. The van der Waals surface area contributed by atoms with Crippen molar-refractivity contribution >= 4 is 29.9 Å². The fourth-order valence-electron chi connectivity index (χ4n) is 9.84. The van der Waals surface area contributed by atoms with Gasteiger partial charge in [0, 0.05) is 80.7 Å². The van der Waals surface area contributed by atoms with Gasteiger partial charge in [0.25, 0.3) is 5.91 Å². The number of anilines is 2. The summed E-state index contributed by atoms with van der Waals surface area (Å²) < 4.78 is 6.41. The number of ether oxygens (including phenoxy) is 1. The Labute approximate surface area is 349 Å². The zero-order valence-corrected chi connectivity index (χ0v) is 34.9. The number of imide groups is 1. The molecule has 12 heteroatoms. The largest absolute Gasteiger partial charge is 0.508 e. The third-order valence-electron chi connectivity index (χ3n) is 13.1. The van der Waals surface area contributed by atoms with Crippen molar-refractivity contribution in [1.82, 2.24) is 25.1 Å². The number of hydrogen-bond acceptors (Lipinski definition) is 10. The minimum Gasteiger partial charge on any atom is -0.508 e. The number of nitrogens with zero attached hydrogens (tertiary/aromatic N) is 6. The molecule has 12 nitrogen and oxygen atoms in total. The quantitative estimate of drug-likeness (QED) is 0.183. The zero-order valence-electron chi connectivity index (χ0n) is 34.9. The highest BCUT2D eigenvalue weighted by molar-refractivity contribution is 6.00. The molecule has 6 aliphatic rings. The van der Waals surface area contributed by atoms with E-state index in [2.05, 4.69) is 42.6 Å². The monoisotopic (exact) mass is 803 g/mol. The van der Waals surface area contributed by atoms with Crippen molar-refractivity contribution in [3.8, 4) is 11.5 Å². The molecule has 314 valence electrons. The Hall–Kier alpha value is -5.23. The Kier molecular flexibility index (Phi) is 13.7. The number of piperazine rings is 1. The van der Waals surface area contributed by atoms with Crippen LogP contribution in [-0.4, -0.2) is 101 Å². The number of amides is 3. The van der Waals surface area contributed by atoms with Crippen LogP contribution in [0.1, 0.15) is 92.3 Å². The first kappa shape index (κ1) is 41.9. The molecule has 59 heavy (non-hydrogen) atoms. The van der Waals surface area contributed by atoms with Crippen molar-refractivity contribution in [1.29, 1.82) is 0 Å². The number of rotatable bonds is 9. The molecule has 3 aromatic rings. The van der Waals surface area contributed by atoms with Crippen LogP contribution in [0.5, 0.6) is 11.5 Å². The Morgan fingerprint density at radius 2 is 1.85 bits per heavy atom. The molecule has 0 bridgehead atoms. The van der Waals surface area contributed by atoms with Crippen molar-refractivity contribution in [3.05, 3.63) is 95.9 Å². The van der Waals surface area contributed by atoms with Crippen molar-refractivity contribution in [2.75, 3.05) is 55.7 Å². The molecule has 2 aromatic carbocycles. The third kappa shape index (κ3) is 9.81. The maximum atomic E-state index is 13.2. The number of fused-ring (bicyclic) bond motifs is 6. The fourth-order valence-corrected chi connectivity index (χ4v) is 9.84. The number of allylic oxidation sites excluding steroid dienone is 3. The molecule has 1 saturated carbocycles. The lowest BCUT2D eigenvalue weighted by Gasteiger charge is -2.54. The second-order valence-corrected chi connectivity index (χ2v) is 17.1. The maximum absolute atomic E-state index is 13.2. The van der Waals surface area contributed by atoms with E-state index in [4.69, 9.17) is 4.74 Å². The molecule has 1 aromatic heterocycles. The molecule has 3 fully saturated rings. The molecule has 2 atom stereocenters. The molecule has 2 aliphatic carbocycles. The maximum Gasteiger partial charge on any atom is 0.254 e. The number of nitrogens with one attached hydrogen (secondary N) is 1. The molecule has 2 saturated heterocycles. The first-order chi connectivity index (χ1) is 28.7. The number of phenols is 1. The smallest absolute Gasteiger partial charge is 0.254 e. The van der Waals surface area contributed by atoms with E-state index in [9.17, 15) is 19.5 Å². The molecule has 5 heterocycles. The van der Waals surface area contributed by atoms with Crippen LogP contribution in [-0.2, 0) is 29.0 Å². The number of aryl methyl sites for hydroxylation is 2. The van der Waals surface area contributed by atoms with Crippen LogP contribution >= 0.6 is 0 Å². The number of aromatic hydroxyl groups is 1. The average molecular weight is 804 g/mol. The van der Waals surface area contributed by atoms with Crippen LogP contribution in [0.4, 0.5) is 11.6 Å². The fraction of sp³-hybridized carbons (Fsp3) is 0.511. The van der Waals surface area contributed by atoms with E-state index in [-0.39, 0.29) is 24.3 Å². The first-order valence-corrected chi connectivity index (χ1v) is 21.6. The number of phenolic OH excluding ortho intramolecular Hbond substituents is 1. The van der Waals surface area contributed by atoms with Crippen molar-refractivity contribution < 1.29 is 24.2 Å². The van der Waals surface area contributed by atoms with E-state index in [0.29, 0.717) is 48.8 Å². The standard InChI is InChI=1S/C32H41N7O4.C10H12O.C5H8/c1-22(3-6-28(41)35-21-40)39-17-26-25(30(39)42)4-5-27-29(26)43-18-24-16-36(13-14-38(24)27)15-23-7-9-32(10-8-23)19-37(20-32)31-33-11-2-12-34-31;11-10-6-5-8-3-1-2-4-9(8)7-10;1-3-5-4-2/h2,4-5,11-12,21-24H,3,6-10,13-20H2,1H3,(H,35,40,41);5-7,11H,1-4H2;3-5H,1H2,2H3/b;;5-4-. The van der Waals surface area contributed by atoms with Crippen molar-refractivity contribution in [2.24, 2.45) is 11.3 Å². The zero-order chi connectivity index (χ0) is 41.4. The summed E-state index contributed by atoms with van der Waals surface area (Å²) in [7, 11) is 0. The lowest BCUT2D eigenvalue weighted by atomic mass is 9.66. The second-order valence-electron chi connectivity index (χ2n) is 17.1. The van der Waals surface area contributed by atoms with E-state index in [1.807, 2.05) is 67.6 Å². The van der Waals surface area contributed by atoms with E-state index in [1.165, 1.54) is 56.1 Å². The highest BCUT2D eigenvalue weighted by Crippen LogP contribution is 2.47. The van der Waals surface area contributed by atoms with Crippen LogP contribution in [0.15, 0.2) is 73.6 Å². The van der Waals surface area contributed by atoms with Crippen LogP contribution in [0.2, 0.25) is 0 Å². The number of aromatic nitrogens is 2. The lowest BCUT2D eigenvalue weighted by Crippen LogP contribution is -2.59. The highest BCUT2D eigenvalue weighted by Gasteiger charge is 2.46. The number of hydrogen-bond donors (Lipinski definition) is 2. The number of carbonyl (C=O) groups excluding carboxylic acids is 3. The average Bonchev–Trinajstić information content (AvgIpc) is 3.59. The van der Waals surface area contributed by atoms with Gasteiger partial charge in [-0.3, -0.25) is 24.6 Å². The van der Waals surface area contributed by atoms with Gasteiger partial charge in [0.1, 0.15) is 18.1 Å². The first-order valence-electron chi connectivity index (χ1n) is 21.6. The minimum atomic E-state index is -0.326. The highest BCUT2D eigenvalue weighted by atomic mass is 16.5. The number of carbonyl (C=O) groups is 3. The molecule has 4 aliphatic heterocycles. The Morgan fingerprint density at radius 1 is 1.08 bits per heavy atom. The predicted octanol–water partition coefficient (Wildman–Crippen LogP) is 6.47. The van der Waals surface area contributed by atoms with E-state index < -0.39 is 0 Å². The predicted molar refractivity (Wildman–Crippen MR) is 231 cm³/mol. The van der Waals surface area contributed by atoms with Crippen LogP contribution in [0, 0.1) is 11.3 Å². The SMILES string of the molecule is C=C/C=C\C.CC(CCC(=O)NC=O)N1Cc2c(ccc3c2OCC2CN(CC4CCC5(CC4)CN(c4ncccn4)C5)CCN32)C1=O.Oc1ccc2c(c1)CCCC2. The third-order valence-corrected chi connectivity index (χ3v) is 13.1. The number of benzene rings is 2. The topological polar surface area (TPSA) is 131 Å². The molecule has 2 unspecified atom stereocenters. The van der Waals surface area contributed by atoms with Crippen LogP contribution < -0.4 is 19.9 Å². The summed E-state index contributed by atoms with van der Waals surface area (Å²) >= 11 is 0. The molecule has 0 radical (unpaired) electrons. The summed E-state index contributed by atoms with van der Waals surface area (Å²) in [6, 6.07) is 11.8. The van der Waals surface area contributed by atoms with Gasteiger partial charge in [0.2, 0.25) is 18.3 Å². The van der Waals surface area contributed by atoms with Gasteiger partial charge in [-0.15, -0.1) is 0 Å². The normalized spacial score (nSPS) is 20.9. The molecule has 3 amide bonds. The van der Waals surface area contributed by atoms with Gasteiger partial charge in [-0.2, -0.15) is 0 Å². The molecule has 9 rings (SSSR count). The minimum absolute atomic E-state index is 0.0195. The Balaban J connectivity index is 0.000000275. The van der Waals surface area contributed by atoms with Gasteiger partial charge >= 0.3 is 0 Å².